The Kier molecular flexibility index (Phi) is 20.8. The van der Waals surface area contributed by atoms with Crippen LogP contribution in [0.4, 0.5) is 0 Å². The molecule has 0 spiro atoms. The zero-order valence-electron chi connectivity index (χ0n) is 30.0. The van der Waals surface area contributed by atoms with Crippen LogP contribution in [0, 0.1) is 0 Å². The second kappa shape index (κ2) is 25.8. The van der Waals surface area contributed by atoms with E-state index in [-0.39, 0.29) is 0 Å². The fourth-order valence-electron chi connectivity index (χ4n) is 6.07. The van der Waals surface area contributed by atoms with Crippen LogP contribution in [0.3, 0.4) is 0 Å². The van der Waals surface area contributed by atoms with Crippen molar-refractivity contribution in [1.82, 2.24) is 0 Å². The minimum Gasteiger partial charge on any atom is -0.494 e. The molecule has 4 rings (SSSR count). The second-order valence-electron chi connectivity index (χ2n) is 13.9. The van der Waals surface area contributed by atoms with Crippen molar-refractivity contribution in [2.24, 2.45) is 0 Å². The Bertz CT molecular complexity index is 934. The molecule has 0 radical (unpaired) electrons. The van der Waals surface area contributed by atoms with Gasteiger partial charge in [-0.2, -0.15) is 0 Å². The first-order valence-corrected chi connectivity index (χ1v) is 19.7. The zero-order chi connectivity index (χ0) is 33.2. The van der Waals surface area contributed by atoms with Gasteiger partial charge in [-0.15, -0.1) is 0 Å². The van der Waals surface area contributed by atoms with E-state index in [1.165, 1.54) is 127 Å². The monoisotopic (exact) mass is 666 g/mol. The van der Waals surface area contributed by atoms with Crippen molar-refractivity contribution in [3.05, 3.63) is 48.5 Å². The van der Waals surface area contributed by atoms with Gasteiger partial charge in [-0.1, -0.05) is 127 Å². The van der Waals surface area contributed by atoms with Gasteiger partial charge in [-0.05, 0) is 61.1 Å². The molecule has 2 atom stereocenters. The largest absolute Gasteiger partial charge is 0.494 e. The molecule has 0 saturated carbocycles. The van der Waals surface area contributed by atoms with E-state index in [1.807, 2.05) is 0 Å². The summed E-state index contributed by atoms with van der Waals surface area (Å²) in [6.07, 6.45) is 26.7. The maximum atomic E-state index is 6.01. The van der Waals surface area contributed by atoms with Gasteiger partial charge >= 0.3 is 0 Å². The smallest absolute Gasteiger partial charge is 0.119 e. The average molecular weight is 667 g/mol. The highest BCUT2D eigenvalue weighted by Gasteiger charge is 2.22. The highest BCUT2D eigenvalue weighted by atomic mass is 16.6. The van der Waals surface area contributed by atoms with E-state index >= 15 is 0 Å². The predicted molar refractivity (Wildman–Crippen MR) is 196 cm³/mol. The molecule has 2 saturated heterocycles. The van der Waals surface area contributed by atoms with Crippen LogP contribution in [0.15, 0.2) is 48.5 Å². The third-order valence-corrected chi connectivity index (χ3v) is 9.36. The molecule has 270 valence electrons. The molecule has 2 aromatic carbocycles. The molecule has 2 unspecified atom stereocenters. The molecule has 48 heavy (non-hydrogen) atoms. The van der Waals surface area contributed by atoms with Crippen LogP contribution < -0.4 is 9.47 Å². The number of rotatable bonds is 33. The number of unbranched alkanes of at least 4 members (excludes halogenated alkanes) is 18. The van der Waals surface area contributed by atoms with Crippen LogP contribution in [-0.2, 0) is 18.9 Å². The Morgan fingerprint density at radius 3 is 0.938 bits per heavy atom. The molecule has 2 heterocycles. The first-order chi connectivity index (χ1) is 23.9. The molecular weight excluding hydrogens is 600 g/mol. The fourth-order valence-corrected chi connectivity index (χ4v) is 6.07. The summed E-state index contributed by atoms with van der Waals surface area (Å²) in [5, 5.41) is 0. The van der Waals surface area contributed by atoms with Gasteiger partial charge < -0.3 is 28.4 Å². The first-order valence-electron chi connectivity index (χ1n) is 19.7. The molecule has 0 aliphatic carbocycles. The quantitative estimate of drug-likeness (QED) is 0.0558. The predicted octanol–water partition coefficient (Wildman–Crippen LogP) is 10.7. The Balaban J connectivity index is 0.894. The van der Waals surface area contributed by atoms with Crippen LogP contribution in [0.2, 0.25) is 0 Å². The van der Waals surface area contributed by atoms with Gasteiger partial charge in [0.05, 0.1) is 39.6 Å². The summed E-state index contributed by atoms with van der Waals surface area (Å²) in [7, 11) is 0. The van der Waals surface area contributed by atoms with E-state index in [2.05, 4.69) is 48.5 Å². The summed E-state index contributed by atoms with van der Waals surface area (Å²) in [6, 6.07) is 17.0. The van der Waals surface area contributed by atoms with Crippen molar-refractivity contribution in [3.63, 3.8) is 0 Å². The number of hydrogen-bond acceptors (Lipinski definition) is 6. The molecule has 2 fully saturated rings. The summed E-state index contributed by atoms with van der Waals surface area (Å²) in [6.45, 7) is 6.76. The summed E-state index contributed by atoms with van der Waals surface area (Å²) < 4.78 is 33.5. The van der Waals surface area contributed by atoms with E-state index in [4.69, 9.17) is 28.4 Å². The van der Waals surface area contributed by atoms with Gasteiger partial charge in [0.25, 0.3) is 0 Å². The van der Waals surface area contributed by atoms with Crippen LogP contribution in [0.5, 0.6) is 11.5 Å². The minimum absolute atomic E-state index is 0.398. The van der Waals surface area contributed by atoms with Crippen molar-refractivity contribution < 1.29 is 28.4 Å². The number of benzene rings is 2. The Hall–Kier alpha value is -2.12. The van der Waals surface area contributed by atoms with Crippen molar-refractivity contribution in [1.29, 1.82) is 0 Å². The van der Waals surface area contributed by atoms with Crippen LogP contribution in [0.25, 0.3) is 11.1 Å². The van der Waals surface area contributed by atoms with E-state index in [9.17, 15) is 0 Å². The maximum Gasteiger partial charge on any atom is 0.119 e. The normalized spacial score (nSPS) is 16.7. The van der Waals surface area contributed by atoms with Gasteiger partial charge in [-0.25, -0.2) is 0 Å². The van der Waals surface area contributed by atoms with Crippen molar-refractivity contribution >= 4 is 0 Å². The molecule has 0 amide bonds. The standard InChI is InChI=1S/C42H66O6/c1(5-9-13-17-29-43-33-41-35-47-41)3-7-11-15-19-31-45-39-25-21-37(22-26-39)38-23-27-40(28-24-38)46-32-20-16-12-8-4-2-6-10-14-18-30-44-34-42-36-48-42/h21-28,41-42H,1-20,29-36H2. The fraction of sp³-hybridized carbons (Fsp3) is 0.714. The molecule has 6 heteroatoms. The van der Waals surface area contributed by atoms with E-state index in [0.717, 1.165) is 77.2 Å². The molecular formula is C42H66O6. The zero-order valence-corrected chi connectivity index (χ0v) is 30.0. The second-order valence-corrected chi connectivity index (χ2v) is 13.9. The average Bonchev–Trinajstić information content (AvgIpc) is 4.06. The van der Waals surface area contributed by atoms with E-state index in [1.54, 1.807) is 0 Å². The molecule has 2 aliphatic heterocycles. The van der Waals surface area contributed by atoms with Gasteiger partial charge in [-0.3, -0.25) is 0 Å². The lowest BCUT2D eigenvalue weighted by Gasteiger charge is -2.09. The highest BCUT2D eigenvalue weighted by molar-refractivity contribution is 5.64. The first kappa shape index (κ1) is 38.7. The summed E-state index contributed by atoms with van der Waals surface area (Å²) in [4.78, 5) is 0. The minimum atomic E-state index is 0.398. The molecule has 2 aliphatic rings. The third kappa shape index (κ3) is 19.8. The van der Waals surface area contributed by atoms with E-state index < -0.39 is 0 Å². The molecule has 2 aromatic rings. The van der Waals surface area contributed by atoms with Crippen LogP contribution in [-0.4, -0.2) is 65.1 Å². The highest BCUT2D eigenvalue weighted by Crippen LogP contribution is 2.25. The number of epoxide rings is 2. The lowest BCUT2D eigenvalue weighted by molar-refractivity contribution is 0.113. The van der Waals surface area contributed by atoms with Crippen molar-refractivity contribution in [3.8, 4) is 22.6 Å². The van der Waals surface area contributed by atoms with Gasteiger partial charge in [0.15, 0.2) is 0 Å². The van der Waals surface area contributed by atoms with Gasteiger partial charge in [0.2, 0.25) is 0 Å². The topological polar surface area (TPSA) is 62.0 Å². The Labute approximate surface area is 292 Å². The molecule has 0 bridgehead atoms. The molecule has 0 aromatic heterocycles. The molecule has 0 N–H and O–H groups in total. The van der Waals surface area contributed by atoms with Crippen LogP contribution >= 0.6 is 0 Å². The lowest BCUT2D eigenvalue weighted by Crippen LogP contribution is -2.02. The van der Waals surface area contributed by atoms with Crippen LogP contribution in [0.1, 0.15) is 128 Å². The van der Waals surface area contributed by atoms with Crippen molar-refractivity contribution in [2.45, 2.75) is 141 Å². The van der Waals surface area contributed by atoms with Crippen molar-refractivity contribution in [2.75, 3.05) is 52.9 Å². The van der Waals surface area contributed by atoms with E-state index in [0.29, 0.717) is 12.2 Å². The third-order valence-electron chi connectivity index (χ3n) is 9.36. The summed E-state index contributed by atoms with van der Waals surface area (Å²) >= 11 is 0. The Morgan fingerprint density at radius 2 is 0.646 bits per heavy atom. The molecule has 6 nitrogen and oxygen atoms in total. The lowest BCUT2D eigenvalue weighted by atomic mass is 10.1. The SMILES string of the molecule is c1cc(-c2ccc(OCCCCCCCCCCCCOCC3CO3)cc2)ccc1OCCCCCCCCCCCCOCC1CO1. The summed E-state index contributed by atoms with van der Waals surface area (Å²) in [5.41, 5.74) is 2.42. The van der Waals surface area contributed by atoms with Gasteiger partial charge in [0.1, 0.15) is 23.7 Å². The Morgan fingerprint density at radius 1 is 0.375 bits per heavy atom. The van der Waals surface area contributed by atoms with Gasteiger partial charge in [0, 0.05) is 13.2 Å². The summed E-state index contributed by atoms with van der Waals surface area (Å²) in [5.74, 6) is 1.92. The maximum absolute atomic E-state index is 6.01. The number of hydrogen-bond donors (Lipinski definition) is 0. The number of ether oxygens (including phenoxy) is 6.